The molecule has 0 spiro atoms. The van der Waals surface area contributed by atoms with E-state index in [-0.39, 0.29) is 5.75 Å². The molecule has 0 radical (unpaired) electrons. The first-order valence-electron chi connectivity index (χ1n) is 6.61. The van der Waals surface area contributed by atoms with Crippen LogP contribution in [0, 0.1) is 0 Å². The summed E-state index contributed by atoms with van der Waals surface area (Å²) in [5.41, 5.74) is 0.781. The number of alkyl halides is 2. The normalized spacial score (nSPS) is 19.6. The van der Waals surface area contributed by atoms with Crippen molar-refractivity contribution in [2.24, 2.45) is 0 Å². The van der Waals surface area contributed by atoms with E-state index in [1.54, 1.807) is 12.1 Å². The van der Waals surface area contributed by atoms with E-state index in [1.165, 1.54) is 25.0 Å². The second-order valence-electron chi connectivity index (χ2n) is 4.61. The lowest BCUT2D eigenvalue weighted by atomic mass is 10.1. The Morgan fingerprint density at radius 1 is 1.32 bits per heavy atom. The van der Waals surface area contributed by atoms with Crippen molar-refractivity contribution >= 4 is 11.8 Å². The zero-order valence-corrected chi connectivity index (χ0v) is 11.6. The molecule has 0 amide bonds. The van der Waals surface area contributed by atoms with Gasteiger partial charge >= 0.3 is 6.61 Å². The Hall–Kier alpha value is -0.810. The topological polar surface area (TPSA) is 21.3 Å². The smallest absolute Gasteiger partial charge is 0.387 e. The van der Waals surface area contributed by atoms with Crippen molar-refractivity contribution in [1.82, 2.24) is 5.32 Å². The summed E-state index contributed by atoms with van der Waals surface area (Å²) in [5.74, 6) is 1.50. The van der Waals surface area contributed by atoms with Gasteiger partial charge < -0.3 is 10.1 Å². The fourth-order valence-corrected chi connectivity index (χ4v) is 3.47. The number of hydrogen-bond donors (Lipinski definition) is 1. The first-order valence-corrected chi connectivity index (χ1v) is 7.65. The number of thioether (sulfide) groups is 1. The quantitative estimate of drug-likeness (QED) is 0.862. The van der Waals surface area contributed by atoms with Gasteiger partial charge in [-0.15, -0.1) is 0 Å². The van der Waals surface area contributed by atoms with Crippen LogP contribution < -0.4 is 10.1 Å². The highest BCUT2D eigenvalue weighted by atomic mass is 32.2. The number of hydrogen-bond acceptors (Lipinski definition) is 3. The average molecular weight is 287 g/mol. The lowest BCUT2D eigenvalue weighted by molar-refractivity contribution is -0.0504. The van der Waals surface area contributed by atoms with Crippen molar-refractivity contribution in [3.8, 4) is 5.75 Å². The van der Waals surface area contributed by atoms with E-state index in [0.29, 0.717) is 11.8 Å². The van der Waals surface area contributed by atoms with E-state index in [0.717, 1.165) is 12.1 Å². The number of para-hydroxylation sites is 1. The molecule has 106 valence electrons. The number of rotatable bonds is 6. The molecule has 5 heteroatoms. The highest BCUT2D eigenvalue weighted by Crippen LogP contribution is 2.25. The minimum absolute atomic E-state index is 0.265. The summed E-state index contributed by atoms with van der Waals surface area (Å²) in [6.07, 6.45) is 3.85. The number of halogens is 2. The summed E-state index contributed by atoms with van der Waals surface area (Å²) in [6.45, 7) is -1.27. The van der Waals surface area contributed by atoms with E-state index in [1.807, 2.05) is 23.9 Å². The van der Waals surface area contributed by atoms with Crippen LogP contribution in [-0.4, -0.2) is 24.2 Å². The van der Waals surface area contributed by atoms with Crippen molar-refractivity contribution < 1.29 is 13.5 Å². The molecule has 1 aliphatic heterocycles. The standard InChI is InChI=1S/C14H19F2NOS/c15-14(16)18-13-7-2-1-5-11(13)9-17-10-12-6-3-4-8-19-12/h1-2,5,7,12,14,17H,3-4,6,8-10H2. The summed E-state index contributed by atoms with van der Waals surface area (Å²) in [4.78, 5) is 0. The summed E-state index contributed by atoms with van der Waals surface area (Å²) < 4.78 is 29.0. The molecular weight excluding hydrogens is 268 g/mol. The highest BCUT2D eigenvalue weighted by molar-refractivity contribution is 7.99. The van der Waals surface area contributed by atoms with E-state index in [2.05, 4.69) is 10.1 Å². The maximum atomic E-state index is 12.3. The molecule has 2 nitrogen and oxygen atoms in total. The van der Waals surface area contributed by atoms with Gasteiger partial charge in [-0.3, -0.25) is 0 Å². The van der Waals surface area contributed by atoms with Crippen LogP contribution in [0.4, 0.5) is 8.78 Å². The monoisotopic (exact) mass is 287 g/mol. The molecule has 1 aliphatic rings. The van der Waals surface area contributed by atoms with Gasteiger partial charge in [0.2, 0.25) is 0 Å². The average Bonchev–Trinajstić information content (AvgIpc) is 2.41. The molecule has 1 fully saturated rings. The number of nitrogens with one attached hydrogen (secondary N) is 1. The van der Waals surface area contributed by atoms with Crippen molar-refractivity contribution in [2.45, 2.75) is 37.7 Å². The van der Waals surface area contributed by atoms with Crippen molar-refractivity contribution in [3.05, 3.63) is 29.8 Å². The van der Waals surface area contributed by atoms with E-state index >= 15 is 0 Å². The molecule has 1 atom stereocenters. The third kappa shape index (κ3) is 4.99. The third-order valence-electron chi connectivity index (χ3n) is 3.15. The van der Waals surface area contributed by atoms with Gasteiger partial charge in [0.25, 0.3) is 0 Å². The molecule has 0 aliphatic carbocycles. The lowest BCUT2D eigenvalue weighted by Crippen LogP contribution is -2.26. The van der Waals surface area contributed by atoms with Crippen LogP contribution in [0.3, 0.4) is 0 Å². The Morgan fingerprint density at radius 3 is 2.89 bits per heavy atom. The van der Waals surface area contributed by atoms with E-state index in [9.17, 15) is 8.78 Å². The SMILES string of the molecule is FC(F)Oc1ccccc1CNCC1CCCCS1. The molecule has 0 bridgehead atoms. The van der Waals surface area contributed by atoms with Gasteiger partial charge in [0.05, 0.1) is 0 Å². The predicted molar refractivity (Wildman–Crippen MR) is 74.9 cm³/mol. The fraction of sp³-hybridized carbons (Fsp3) is 0.571. The van der Waals surface area contributed by atoms with Crippen molar-refractivity contribution in [3.63, 3.8) is 0 Å². The number of ether oxygens (including phenoxy) is 1. The molecule has 0 saturated carbocycles. The molecule has 19 heavy (non-hydrogen) atoms. The molecule has 0 aromatic heterocycles. The van der Waals surface area contributed by atoms with Crippen LogP contribution in [0.1, 0.15) is 24.8 Å². The van der Waals surface area contributed by atoms with Crippen LogP contribution in [-0.2, 0) is 6.54 Å². The fourth-order valence-electron chi connectivity index (χ4n) is 2.20. The molecule has 1 N–H and O–H groups in total. The van der Waals surface area contributed by atoms with Crippen LogP contribution in [0.15, 0.2) is 24.3 Å². The predicted octanol–water partition coefficient (Wildman–Crippen LogP) is 3.66. The first kappa shape index (κ1) is 14.6. The second kappa shape index (κ2) is 7.70. The zero-order chi connectivity index (χ0) is 13.5. The van der Waals surface area contributed by atoms with Crippen LogP contribution >= 0.6 is 11.8 Å². The minimum atomic E-state index is -2.77. The Labute approximate surface area is 116 Å². The van der Waals surface area contributed by atoms with Crippen molar-refractivity contribution in [2.75, 3.05) is 12.3 Å². The lowest BCUT2D eigenvalue weighted by Gasteiger charge is -2.21. The Kier molecular flexibility index (Phi) is 5.92. The van der Waals surface area contributed by atoms with Gasteiger partial charge in [0, 0.05) is 23.9 Å². The van der Waals surface area contributed by atoms with E-state index < -0.39 is 6.61 Å². The van der Waals surface area contributed by atoms with Crippen LogP contribution in [0.2, 0.25) is 0 Å². The summed E-state index contributed by atoms with van der Waals surface area (Å²) in [6, 6.07) is 6.94. The molecular formula is C14H19F2NOS. The second-order valence-corrected chi connectivity index (χ2v) is 6.01. The largest absolute Gasteiger partial charge is 0.434 e. The van der Waals surface area contributed by atoms with Crippen molar-refractivity contribution in [1.29, 1.82) is 0 Å². The van der Waals surface area contributed by atoms with Gasteiger partial charge in [-0.25, -0.2) is 0 Å². The Balaban J connectivity index is 1.81. The summed E-state index contributed by atoms with van der Waals surface area (Å²) >= 11 is 2.00. The Bertz CT molecular complexity index is 383. The van der Waals surface area contributed by atoms with Gasteiger partial charge in [-0.1, -0.05) is 24.6 Å². The van der Waals surface area contributed by atoms with Crippen LogP contribution in [0.25, 0.3) is 0 Å². The third-order valence-corrected chi connectivity index (χ3v) is 4.55. The van der Waals surface area contributed by atoms with Gasteiger partial charge in [-0.05, 0) is 24.7 Å². The zero-order valence-electron chi connectivity index (χ0n) is 10.8. The molecule has 1 saturated heterocycles. The maximum Gasteiger partial charge on any atom is 0.387 e. The first-order chi connectivity index (χ1) is 9.25. The maximum absolute atomic E-state index is 12.3. The number of benzene rings is 1. The molecule has 1 heterocycles. The summed E-state index contributed by atoms with van der Waals surface area (Å²) in [5, 5.41) is 3.99. The van der Waals surface area contributed by atoms with Crippen LogP contribution in [0.5, 0.6) is 5.75 Å². The summed E-state index contributed by atoms with van der Waals surface area (Å²) in [7, 11) is 0. The van der Waals surface area contributed by atoms with Gasteiger partial charge in [0.15, 0.2) is 0 Å². The minimum Gasteiger partial charge on any atom is -0.434 e. The molecule has 1 aromatic carbocycles. The molecule has 2 rings (SSSR count). The Morgan fingerprint density at radius 2 is 2.16 bits per heavy atom. The van der Waals surface area contributed by atoms with Gasteiger partial charge in [0.1, 0.15) is 5.75 Å². The molecule has 1 aromatic rings. The molecule has 1 unspecified atom stereocenters. The van der Waals surface area contributed by atoms with Gasteiger partial charge in [-0.2, -0.15) is 20.5 Å². The highest BCUT2D eigenvalue weighted by Gasteiger charge is 2.14. The van der Waals surface area contributed by atoms with E-state index in [4.69, 9.17) is 0 Å².